The molecule has 1 heterocycles. The third-order valence-corrected chi connectivity index (χ3v) is 8.19. The van der Waals surface area contributed by atoms with Gasteiger partial charge >= 0.3 is 5.97 Å². The number of carbonyl (C=O) groups is 2. The minimum Gasteiger partial charge on any atom is -0.508 e. The van der Waals surface area contributed by atoms with E-state index in [4.69, 9.17) is 27.9 Å². The molecule has 3 unspecified atom stereocenters. The molecule has 0 aromatic heterocycles. The van der Waals surface area contributed by atoms with Gasteiger partial charge in [0.15, 0.2) is 0 Å². The third-order valence-electron chi connectivity index (χ3n) is 7.45. The van der Waals surface area contributed by atoms with Crippen molar-refractivity contribution >= 4 is 35.1 Å². The highest BCUT2D eigenvalue weighted by molar-refractivity contribution is 6.42. The van der Waals surface area contributed by atoms with Crippen molar-refractivity contribution in [2.75, 3.05) is 19.6 Å². The number of rotatable bonds is 7. The summed E-state index contributed by atoms with van der Waals surface area (Å²) in [4.78, 5) is 27.5. The van der Waals surface area contributed by atoms with Gasteiger partial charge in [0.1, 0.15) is 11.9 Å². The monoisotopic (exact) mass is 530 g/mol. The van der Waals surface area contributed by atoms with E-state index in [0.29, 0.717) is 22.9 Å². The summed E-state index contributed by atoms with van der Waals surface area (Å²) in [6.07, 6.45) is 3.71. The Morgan fingerprint density at radius 3 is 2.75 bits per heavy atom. The first-order valence-corrected chi connectivity index (χ1v) is 13.0. The number of nitrogens with one attached hydrogen (secondary N) is 1. The maximum absolute atomic E-state index is 13.0. The van der Waals surface area contributed by atoms with Crippen LogP contribution >= 0.6 is 23.2 Å². The van der Waals surface area contributed by atoms with E-state index < -0.39 is 0 Å². The first-order valence-electron chi connectivity index (χ1n) is 12.2. The number of benzene rings is 2. The lowest BCUT2D eigenvalue weighted by Gasteiger charge is -2.55. The molecule has 1 aliphatic heterocycles. The van der Waals surface area contributed by atoms with Crippen LogP contribution in [0.15, 0.2) is 55.1 Å². The van der Waals surface area contributed by atoms with Gasteiger partial charge in [0.25, 0.3) is 0 Å². The molecule has 2 aliphatic rings. The van der Waals surface area contributed by atoms with Crippen LogP contribution in [0.25, 0.3) is 0 Å². The number of esters is 1. The number of hydrogen-bond donors (Lipinski definition) is 2. The van der Waals surface area contributed by atoms with Crippen molar-refractivity contribution in [3.05, 3.63) is 76.3 Å². The summed E-state index contributed by atoms with van der Waals surface area (Å²) in [6, 6.07) is 12.3. The topological polar surface area (TPSA) is 78.9 Å². The molecule has 4 rings (SSSR count). The minimum atomic E-state index is -0.374. The zero-order chi connectivity index (χ0) is 25.9. The maximum atomic E-state index is 13.0. The van der Waals surface area contributed by atoms with Gasteiger partial charge in [0.2, 0.25) is 5.91 Å². The average Bonchev–Trinajstić information content (AvgIpc) is 2.81. The molecule has 0 bridgehead atoms. The summed E-state index contributed by atoms with van der Waals surface area (Å²) in [6.45, 7) is 7.64. The predicted octanol–water partition coefficient (Wildman–Crippen LogP) is 4.90. The molecule has 2 N–H and O–H groups in total. The Hall–Kier alpha value is -2.54. The smallest absolute Gasteiger partial charge is 0.302 e. The van der Waals surface area contributed by atoms with E-state index in [-0.39, 0.29) is 47.5 Å². The van der Waals surface area contributed by atoms with Gasteiger partial charge < -0.3 is 15.2 Å². The van der Waals surface area contributed by atoms with Gasteiger partial charge in [-0.2, -0.15) is 0 Å². The molecule has 1 saturated heterocycles. The number of halogens is 2. The van der Waals surface area contributed by atoms with Crippen molar-refractivity contribution in [2.24, 2.45) is 5.92 Å². The molecule has 2 aromatic rings. The highest BCUT2D eigenvalue weighted by Crippen LogP contribution is 2.50. The summed E-state index contributed by atoms with van der Waals surface area (Å²) >= 11 is 12.1. The zero-order valence-corrected chi connectivity index (χ0v) is 21.9. The normalized spacial score (nSPS) is 26.0. The van der Waals surface area contributed by atoms with Crippen molar-refractivity contribution < 1.29 is 19.4 Å². The van der Waals surface area contributed by atoms with Gasteiger partial charge in [-0.15, -0.1) is 6.58 Å². The van der Waals surface area contributed by atoms with Gasteiger partial charge in [-0.1, -0.05) is 47.5 Å². The molecule has 6 nitrogen and oxygen atoms in total. The van der Waals surface area contributed by atoms with Crippen LogP contribution in [0, 0.1) is 5.92 Å². The quantitative estimate of drug-likeness (QED) is 0.393. The molecule has 1 amide bonds. The van der Waals surface area contributed by atoms with Gasteiger partial charge in [-0.05, 0) is 54.8 Å². The van der Waals surface area contributed by atoms with Gasteiger partial charge in [-0.3, -0.25) is 14.5 Å². The summed E-state index contributed by atoms with van der Waals surface area (Å²) in [5.41, 5.74) is 1.41. The Morgan fingerprint density at radius 1 is 1.25 bits per heavy atom. The third kappa shape index (κ3) is 5.88. The highest BCUT2D eigenvalue weighted by Gasteiger charge is 2.53. The number of ether oxygens (including phenoxy) is 1. The maximum Gasteiger partial charge on any atom is 0.302 e. The van der Waals surface area contributed by atoms with Crippen LogP contribution in [0.5, 0.6) is 5.75 Å². The first kappa shape index (κ1) is 26.5. The Morgan fingerprint density at radius 2 is 2.06 bits per heavy atom. The van der Waals surface area contributed by atoms with E-state index in [1.807, 2.05) is 18.2 Å². The van der Waals surface area contributed by atoms with Crippen LogP contribution < -0.4 is 5.32 Å². The fraction of sp³-hybridized carbons (Fsp3) is 0.429. The zero-order valence-electron chi connectivity index (χ0n) is 20.4. The number of likely N-dealkylation sites (tertiary alicyclic amines) is 1. The van der Waals surface area contributed by atoms with Crippen LogP contribution in [-0.4, -0.2) is 53.7 Å². The van der Waals surface area contributed by atoms with Crippen molar-refractivity contribution in [3.63, 3.8) is 0 Å². The molecule has 2 fully saturated rings. The molecular formula is C28H32Cl2N2O4. The van der Waals surface area contributed by atoms with E-state index in [0.717, 1.165) is 37.2 Å². The van der Waals surface area contributed by atoms with Crippen LogP contribution in [0.4, 0.5) is 0 Å². The van der Waals surface area contributed by atoms with Crippen LogP contribution in [0.2, 0.25) is 10.0 Å². The van der Waals surface area contributed by atoms with E-state index in [1.54, 1.807) is 30.3 Å². The Balaban J connectivity index is 1.63. The number of phenolic OH excluding ortho intramolecular Hbond substituents is 1. The molecule has 1 saturated carbocycles. The fourth-order valence-corrected chi connectivity index (χ4v) is 6.31. The number of piperidine rings is 1. The van der Waals surface area contributed by atoms with Crippen molar-refractivity contribution in [2.45, 2.75) is 50.2 Å². The Kier molecular flexibility index (Phi) is 8.28. The fourth-order valence-electron chi connectivity index (χ4n) is 5.99. The van der Waals surface area contributed by atoms with E-state index in [9.17, 15) is 14.7 Å². The van der Waals surface area contributed by atoms with Crippen LogP contribution in [0.1, 0.15) is 37.3 Å². The van der Waals surface area contributed by atoms with E-state index in [2.05, 4.69) is 16.8 Å². The number of hydrogen-bond acceptors (Lipinski definition) is 5. The largest absolute Gasteiger partial charge is 0.508 e. The van der Waals surface area contributed by atoms with Crippen molar-refractivity contribution in [3.8, 4) is 5.75 Å². The van der Waals surface area contributed by atoms with Gasteiger partial charge in [-0.25, -0.2) is 0 Å². The lowest BCUT2D eigenvalue weighted by Crippen LogP contribution is -2.61. The summed E-state index contributed by atoms with van der Waals surface area (Å²) < 4.78 is 5.89. The molecule has 0 radical (unpaired) electrons. The SMILES string of the molecule is C=CCN1CCC2(c3cccc(O)c3)C[C@H](NC(=O)Cc3ccc(Cl)c(Cl)c3)CC(OC(C)=O)C2C1. The van der Waals surface area contributed by atoms with E-state index in [1.165, 1.54) is 6.92 Å². The summed E-state index contributed by atoms with van der Waals surface area (Å²) in [5, 5.41) is 14.3. The standard InChI is InChI=1S/C28H32Cl2N2O4/c1-3-10-32-11-9-28(20-5-4-6-22(34)14-20)16-21(15-26(23(28)17-32)36-18(2)33)31-27(35)13-19-7-8-24(29)25(30)12-19/h3-8,12,14,21,23,26,34H,1,9-11,13,15-17H2,2H3,(H,31,35)/t21-,23?,26?,28?/m1/s1. The second-order valence-electron chi connectivity index (χ2n) is 9.89. The number of carbonyl (C=O) groups excluding carboxylic acids is 2. The molecule has 36 heavy (non-hydrogen) atoms. The number of aromatic hydroxyl groups is 1. The minimum absolute atomic E-state index is 0.0140. The Labute approximate surface area is 222 Å². The number of phenols is 1. The van der Waals surface area contributed by atoms with Gasteiger partial charge in [0, 0.05) is 43.8 Å². The van der Waals surface area contributed by atoms with Crippen LogP contribution in [-0.2, 0) is 26.2 Å². The number of amides is 1. The molecule has 0 spiro atoms. The second kappa shape index (κ2) is 11.2. The van der Waals surface area contributed by atoms with Crippen LogP contribution in [0.3, 0.4) is 0 Å². The lowest BCUT2D eigenvalue weighted by molar-refractivity contribution is -0.157. The van der Waals surface area contributed by atoms with Gasteiger partial charge in [0.05, 0.1) is 16.5 Å². The van der Waals surface area contributed by atoms with Crippen molar-refractivity contribution in [1.82, 2.24) is 10.2 Å². The molecule has 1 aliphatic carbocycles. The first-order chi connectivity index (χ1) is 17.2. The molecule has 192 valence electrons. The predicted molar refractivity (Wildman–Crippen MR) is 141 cm³/mol. The highest BCUT2D eigenvalue weighted by atomic mass is 35.5. The lowest BCUT2D eigenvalue weighted by atomic mass is 9.57. The number of nitrogens with zero attached hydrogens (tertiary/aromatic N) is 1. The summed E-state index contributed by atoms with van der Waals surface area (Å²) in [7, 11) is 0. The molecule has 4 atom stereocenters. The molecule has 2 aromatic carbocycles. The average molecular weight is 531 g/mol. The molecule has 8 heteroatoms. The second-order valence-corrected chi connectivity index (χ2v) is 10.7. The van der Waals surface area contributed by atoms with Crippen molar-refractivity contribution in [1.29, 1.82) is 0 Å². The Bertz CT molecular complexity index is 1140. The summed E-state index contributed by atoms with van der Waals surface area (Å²) in [5.74, 6) is -0.258. The number of fused-ring (bicyclic) bond motifs is 1. The molecular weight excluding hydrogens is 499 g/mol. The van der Waals surface area contributed by atoms with E-state index >= 15 is 0 Å².